The van der Waals surface area contributed by atoms with Crippen LogP contribution in [0.15, 0.2) is 24.4 Å². The zero-order valence-corrected chi connectivity index (χ0v) is 9.34. The Kier molecular flexibility index (Phi) is 2.87. The van der Waals surface area contributed by atoms with Crippen LogP contribution in [0.4, 0.5) is 0 Å². The molecule has 2 rings (SSSR count). The first-order valence-electron chi connectivity index (χ1n) is 5.24. The maximum atomic E-state index is 10.9. The fourth-order valence-corrected chi connectivity index (χ4v) is 1.96. The number of carbonyl (C=O) groups is 1. The van der Waals surface area contributed by atoms with E-state index in [-0.39, 0.29) is 0 Å². The van der Waals surface area contributed by atoms with Crippen molar-refractivity contribution >= 4 is 16.8 Å². The summed E-state index contributed by atoms with van der Waals surface area (Å²) < 4.78 is 0. The third kappa shape index (κ3) is 1.90. The lowest BCUT2D eigenvalue weighted by Gasteiger charge is -2.14. The average Bonchev–Trinajstić information content (AvgIpc) is 2.72. The van der Waals surface area contributed by atoms with Crippen LogP contribution in [0.5, 0.6) is 0 Å². The Morgan fingerprint density at radius 2 is 2.12 bits per heavy atom. The molecular weight excluding hydrogens is 220 g/mol. The summed E-state index contributed by atoms with van der Waals surface area (Å²) in [6.07, 6.45) is -1.34. The minimum Gasteiger partial charge on any atom is -0.385 e. The number of aromatic amines is 1. The molecule has 1 aromatic carbocycles. The van der Waals surface area contributed by atoms with Gasteiger partial charge in [-0.15, -0.1) is 0 Å². The Morgan fingerprint density at radius 1 is 1.41 bits per heavy atom. The number of nitrogens with two attached hydrogens (primary N) is 1. The molecule has 1 aromatic heterocycles. The molecule has 5 N–H and O–H groups in total. The number of amides is 1. The molecule has 2 atom stereocenters. The normalized spacial score (nSPS) is 14.8. The van der Waals surface area contributed by atoms with Gasteiger partial charge in [-0.25, -0.2) is 0 Å². The summed E-state index contributed by atoms with van der Waals surface area (Å²) in [5.41, 5.74) is 7.24. The molecule has 5 nitrogen and oxygen atoms in total. The number of aryl methyl sites for hydroxylation is 1. The number of nitrogens with one attached hydrogen (secondary N) is 1. The summed E-state index contributed by atoms with van der Waals surface area (Å²) >= 11 is 0. The quantitative estimate of drug-likeness (QED) is 0.616. The molecule has 90 valence electrons. The summed E-state index contributed by atoms with van der Waals surface area (Å²) in [5, 5.41) is 20.2. The summed E-state index contributed by atoms with van der Waals surface area (Å²) in [6.45, 7) is 1.89. The lowest BCUT2D eigenvalue weighted by atomic mass is 10.0. The number of primary amides is 1. The van der Waals surface area contributed by atoms with E-state index in [1.807, 2.05) is 25.1 Å². The number of rotatable bonds is 3. The van der Waals surface area contributed by atoms with E-state index >= 15 is 0 Å². The number of aliphatic hydroxyl groups is 2. The molecule has 1 heterocycles. The van der Waals surface area contributed by atoms with E-state index in [9.17, 15) is 15.0 Å². The molecule has 0 aliphatic heterocycles. The lowest BCUT2D eigenvalue weighted by Crippen LogP contribution is -2.33. The lowest BCUT2D eigenvalue weighted by molar-refractivity contribution is -0.131. The Balaban J connectivity index is 2.52. The van der Waals surface area contributed by atoms with Gasteiger partial charge in [-0.05, 0) is 18.6 Å². The summed E-state index contributed by atoms with van der Waals surface area (Å²) in [5.74, 6) is -0.944. The largest absolute Gasteiger partial charge is 0.385 e. The van der Waals surface area contributed by atoms with Gasteiger partial charge in [0.05, 0.1) is 0 Å². The number of fused-ring (bicyclic) bond motifs is 1. The molecule has 5 heteroatoms. The molecule has 0 aliphatic carbocycles. The van der Waals surface area contributed by atoms with E-state index in [4.69, 9.17) is 5.73 Å². The van der Waals surface area contributed by atoms with E-state index < -0.39 is 18.1 Å². The van der Waals surface area contributed by atoms with Crippen molar-refractivity contribution in [1.29, 1.82) is 0 Å². The van der Waals surface area contributed by atoms with Crippen molar-refractivity contribution in [1.82, 2.24) is 4.98 Å². The van der Waals surface area contributed by atoms with Crippen molar-refractivity contribution in [2.45, 2.75) is 19.1 Å². The topological polar surface area (TPSA) is 99.3 Å². The van der Waals surface area contributed by atoms with Crippen LogP contribution in [-0.2, 0) is 4.79 Å². The van der Waals surface area contributed by atoms with Crippen molar-refractivity contribution in [2.75, 3.05) is 0 Å². The van der Waals surface area contributed by atoms with Gasteiger partial charge in [0, 0.05) is 22.7 Å². The second kappa shape index (κ2) is 4.20. The molecule has 2 unspecified atom stereocenters. The van der Waals surface area contributed by atoms with Crippen LogP contribution in [0.1, 0.15) is 17.2 Å². The Bertz CT molecular complexity index is 562. The Morgan fingerprint density at radius 3 is 2.76 bits per heavy atom. The van der Waals surface area contributed by atoms with Gasteiger partial charge < -0.3 is 20.9 Å². The zero-order chi connectivity index (χ0) is 12.6. The van der Waals surface area contributed by atoms with Gasteiger partial charge in [-0.3, -0.25) is 4.79 Å². The van der Waals surface area contributed by atoms with Crippen molar-refractivity contribution < 1.29 is 15.0 Å². The highest BCUT2D eigenvalue weighted by Gasteiger charge is 2.26. The molecule has 0 aliphatic rings. The Hall–Kier alpha value is -1.85. The fraction of sp³-hybridized carbons (Fsp3) is 0.250. The minimum absolute atomic E-state index is 0.476. The first-order valence-corrected chi connectivity index (χ1v) is 5.24. The molecule has 1 amide bonds. The van der Waals surface area contributed by atoms with Crippen molar-refractivity contribution in [2.24, 2.45) is 5.73 Å². The molecule has 0 spiro atoms. The van der Waals surface area contributed by atoms with Gasteiger partial charge in [-0.2, -0.15) is 0 Å². The average molecular weight is 234 g/mol. The number of benzene rings is 1. The maximum Gasteiger partial charge on any atom is 0.249 e. The number of aromatic nitrogens is 1. The van der Waals surface area contributed by atoms with Gasteiger partial charge in [0.15, 0.2) is 6.10 Å². The fourth-order valence-electron chi connectivity index (χ4n) is 1.96. The number of carbonyl (C=O) groups excluding carboxylic acids is 1. The van der Waals surface area contributed by atoms with Crippen LogP contribution in [0.25, 0.3) is 10.9 Å². The van der Waals surface area contributed by atoms with Gasteiger partial charge in [0.1, 0.15) is 6.10 Å². The SMILES string of the molecule is Cc1cccc2[nH]cc(C(O)C(O)C(N)=O)c12. The van der Waals surface area contributed by atoms with E-state index in [0.717, 1.165) is 16.5 Å². The van der Waals surface area contributed by atoms with E-state index in [1.54, 1.807) is 6.20 Å². The zero-order valence-electron chi connectivity index (χ0n) is 9.34. The number of hydrogen-bond donors (Lipinski definition) is 4. The van der Waals surface area contributed by atoms with E-state index in [2.05, 4.69) is 4.98 Å². The number of aliphatic hydroxyl groups excluding tert-OH is 2. The van der Waals surface area contributed by atoms with Crippen LogP contribution in [0, 0.1) is 6.92 Å². The highest BCUT2D eigenvalue weighted by molar-refractivity contribution is 5.88. The molecule has 0 saturated heterocycles. The van der Waals surface area contributed by atoms with E-state index in [1.165, 1.54) is 0 Å². The summed E-state index contributed by atoms with van der Waals surface area (Å²) in [6, 6.07) is 5.63. The first kappa shape index (κ1) is 11.6. The van der Waals surface area contributed by atoms with Gasteiger partial charge in [0.25, 0.3) is 0 Å². The highest BCUT2D eigenvalue weighted by Crippen LogP contribution is 2.28. The van der Waals surface area contributed by atoms with Crippen LogP contribution in [-0.4, -0.2) is 27.2 Å². The molecular formula is C12H14N2O3. The number of hydrogen-bond acceptors (Lipinski definition) is 3. The summed E-state index contributed by atoms with van der Waals surface area (Å²) in [4.78, 5) is 13.8. The molecule has 0 radical (unpaired) electrons. The van der Waals surface area contributed by atoms with Crippen molar-refractivity contribution in [3.63, 3.8) is 0 Å². The molecule has 0 saturated carbocycles. The monoisotopic (exact) mass is 234 g/mol. The predicted octanol–water partition coefficient (Wildman–Crippen LogP) is 0.356. The van der Waals surface area contributed by atoms with Crippen LogP contribution < -0.4 is 5.73 Å². The van der Waals surface area contributed by atoms with Crippen molar-refractivity contribution in [3.8, 4) is 0 Å². The molecule has 0 bridgehead atoms. The minimum atomic E-state index is -1.60. The maximum absolute atomic E-state index is 10.9. The number of H-pyrrole nitrogens is 1. The van der Waals surface area contributed by atoms with Gasteiger partial charge in [0.2, 0.25) is 5.91 Å². The predicted molar refractivity (Wildman–Crippen MR) is 63.2 cm³/mol. The van der Waals surface area contributed by atoms with Crippen LogP contribution in [0.3, 0.4) is 0 Å². The van der Waals surface area contributed by atoms with Crippen LogP contribution >= 0.6 is 0 Å². The molecule has 2 aromatic rings. The second-order valence-corrected chi connectivity index (χ2v) is 4.03. The Labute approximate surface area is 97.9 Å². The smallest absolute Gasteiger partial charge is 0.249 e. The molecule has 17 heavy (non-hydrogen) atoms. The van der Waals surface area contributed by atoms with Gasteiger partial charge in [-0.1, -0.05) is 12.1 Å². The standard InChI is InChI=1S/C12H14N2O3/c1-6-3-2-4-8-9(6)7(5-14-8)10(15)11(16)12(13)17/h2-5,10-11,14-16H,1H3,(H2,13,17). The second-order valence-electron chi connectivity index (χ2n) is 4.03. The highest BCUT2D eigenvalue weighted by atomic mass is 16.3. The van der Waals surface area contributed by atoms with Gasteiger partial charge >= 0.3 is 0 Å². The summed E-state index contributed by atoms with van der Waals surface area (Å²) in [7, 11) is 0. The van der Waals surface area contributed by atoms with Crippen molar-refractivity contribution in [3.05, 3.63) is 35.5 Å². The third-order valence-corrected chi connectivity index (χ3v) is 2.85. The van der Waals surface area contributed by atoms with E-state index in [0.29, 0.717) is 5.56 Å². The first-order chi connectivity index (χ1) is 8.02. The third-order valence-electron chi connectivity index (χ3n) is 2.85. The molecule has 0 fully saturated rings. The van der Waals surface area contributed by atoms with Crippen LogP contribution in [0.2, 0.25) is 0 Å².